The van der Waals surface area contributed by atoms with Gasteiger partial charge in [0.15, 0.2) is 0 Å². The second kappa shape index (κ2) is 8.96. The quantitative estimate of drug-likeness (QED) is 0.431. The van der Waals surface area contributed by atoms with Crippen molar-refractivity contribution in [3.63, 3.8) is 0 Å². The van der Waals surface area contributed by atoms with Crippen molar-refractivity contribution in [3.8, 4) is 0 Å². The summed E-state index contributed by atoms with van der Waals surface area (Å²) in [4.78, 5) is 18.1. The Labute approximate surface area is 155 Å². The summed E-state index contributed by atoms with van der Waals surface area (Å²) in [6.07, 6.45) is 5.96. The first-order valence-electron chi connectivity index (χ1n) is 9.12. The van der Waals surface area contributed by atoms with Gasteiger partial charge < -0.3 is 9.47 Å². The smallest absolute Gasteiger partial charge is 0.267 e. The van der Waals surface area contributed by atoms with Crippen LogP contribution in [0.2, 0.25) is 0 Å². The van der Waals surface area contributed by atoms with Crippen molar-refractivity contribution in [1.29, 1.82) is 0 Å². The van der Waals surface area contributed by atoms with Gasteiger partial charge in [-0.2, -0.15) is 0 Å². The summed E-state index contributed by atoms with van der Waals surface area (Å²) >= 11 is 0. The van der Waals surface area contributed by atoms with Crippen molar-refractivity contribution in [3.05, 3.63) is 36.2 Å². The monoisotopic (exact) mass is 358 g/mol. The number of rotatable bonds is 8. The van der Waals surface area contributed by atoms with Crippen molar-refractivity contribution in [2.75, 3.05) is 19.6 Å². The zero-order chi connectivity index (χ0) is 19.2. The third kappa shape index (κ3) is 5.97. The standard InChI is InChI=1S/C20H30N4O2/c1-5-10-23(14-20(2,3)4)11-12-24-15-21-17-13-16(6-8-18(17)24)7-9-19(25)22-26/h6-9,13,15,26H,5,10-12,14H2,1-4H3,(H,22,25)/b9-7+. The topological polar surface area (TPSA) is 70.4 Å². The molecule has 2 N–H and O–H groups in total. The average Bonchev–Trinajstić information content (AvgIpc) is 2.98. The van der Waals surface area contributed by atoms with E-state index in [1.165, 1.54) is 6.08 Å². The molecule has 2 aromatic rings. The second-order valence-electron chi connectivity index (χ2n) is 7.83. The molecule has 2 rings (SSSR count). The fraction of sp³-hybridized carbons (Fsp3) is 0.500. The molecule has 26 heavy (non-hydrogen) atoms. The van der Waals surface area contributed by atoms with E-state index in [0.29, 0.717) is 0 Å². The number of imidazole rings is 1. The molecule has 6 heteroatoms. The van der Waals surface area contributed by atoms with Gasteiger partial charge in [0.1, 0.15) is 0 Å². The van der Waals surface area contributed by atoms with Crippen LogP contribution in [0, 0.1) is 5.41 Å². The Hall–Kier alpha value is -2.18. The van der Waals surface area contributed by atoms with Gasteiger partial charge in [-0.1, -0.05) is 33.8 Å². The summed E-state index contributed by atoms with van der Waals surface area (Å²) in [7, 11) is 0. The van der Waals surface area contributed by atoms with Crippen LogP contribution in [0.4, 0.5) is 0 Å². The van der Waals surface area contributed by atoms with Crippen LogP contribution in [0.3, 0.4) is 0 Å². The van der Waals surface area contributed by atoms with Gasteiger partial charge in [0.2, 0.25) is 0 Å². The maximum Gasteiger partial charge on any atom is 0.267 e. The van der Waals surface area contributed by atoms with Gasteiger partial charge in [0.25, 0.3) is 5.91 Å². The van der Waals surface area contributed by atoms with E-state index in [0.717, 1.165) is 49.2 Å². The SMILES string of the molecule is CCCN(CCn1cnc2cc(/C=C/C(=O)NO)ccc21)CC(C)(C)C. The first kappa shape index (κ1) is 20.1. The molecule has 0 aliphatic carbocycles. The second-order valence-corrected chi connectivity index (χ2v) is 7.83. The normalized spacial score (nSPS) is 12.4. The van der Waals surface area contributed by atoms with E-state index in [1.54, 1.807) is 11.6 Å². The van der Waals surface area contributed by atoms with Crippen molar-refractivity contribution in [1.82, 2.24) is 19.9 Å². The molecule has 6 nitrogen and oxygen atoms in total. The lowest BCUT2D eigenvalue weighted by molar-refractivity contribution is -0.124. The van der Waals surface area contributed by atoms with Crippen molar-refractivity contribution < 1.29 is 10.0 Å². The van der Waals surface area contributed by atoms with Gasteiger partial charge in [-0.3, -0.25) is 10.0 Å². The van der Waals surface area contributed by atoms with Crippen LogP contribution in [0.15, 0.2) is 30.6 Å². The van der Waals surface area contributed by atoms with Gasteiger partial charge in [-0.15, -0.1) is 0 Å². The van der Waals surface area contributed by atoms with Gasteiger partial charge >= 0.3 is 0 Å². The Bertz CT molecular complexity index is 759. The van der Waals surface area contributed by atoms with Crippen LogP contribution in [-0.4, -0.2) is 45.2 Å². The molecule has 142 valence electrons. The minimum Gasteiger partial charge on any atom is -0.329 e. The van der Waals surface area contributed by atoms with E-state index >= 15 is 0 Å². The van der Waals surface area contributed by atoms with Crippen LogP contribution in [0.25, 0.3) is 17.1 Å². The number of hydroxylamine groups is 1. The molecular weight excluding hydrogens is 328 g/mol. The van der Waals surface area contributed by atoms with E-state index in [9.17, 15) is 4.79 Å². The van der Waals surface area contributed by atoms with Gasteiger partial charge in [0.05, 0.1) is 17.4 Å². The largest absolute Gasteiger partial charge is 0.329 e. The molecule has 1 aromatic heterocycles. The minimum absolute atomic E-state index is 0.286. The van der Waals surface area contributed by atoms with Crippen LogP contribution >= 0.6 is 0 Å². The maximum atomic E-state index is 11.1. The highest BCUT2D eigenvalue weighted by atomic mass is 16.5. The molecular formula is C20H30N4O2. The number of aromatic nitrogens is 2. The highest BCUT2D eigenvalue weighted by Crippen LogP contribution is 2.18. The number of carbonyl (C=O) groups is 1. The Morgan fingerprint density at radius 1 is 1.35 bits per heavy atom. The maximum absolute atomic E-state index is 11.1. The minimum atomic E-state index is -0.550. The molecule has 1 aromatic carbocycles. The van der Waals surface area contributed by atoms with Crippen LogP contribution in [0.1, 0.15) is 39.7 Å². The molecule has 0 aliphatic rings. The third-order valence-corrected chi connectivity index (χ3v) is 4.08. The molecule has 1 heterocycles. The lowest BCUT2D eigenvalue weighted by Crippen LogP contribution is -2.35. The summed E-state index contributed by atoms with van der Waals surface area (Å²) in [6.45, 7) is 13.1. The molecule has 0 atom stereocenters. The zero-order valence-corrected chi connectivity index (χ0v) is 16.2. The first-order valence-corrected chi connectivity index (χ1v) is 9.12. The number of carbonyl (C=O) groups excluding carboxylic acids is 1. The van der Waals surface area contributed by atoms with E-state index in [2.05, 4.69) is 42.1 Å². The zero-order valence-electron chi connectivity index (χ0n) is 16.2. The van der Waals surface area contributed by atoms with Crippen molar-refractivity contribution in [2.45, 2.75) is 40.7 Å². The fourth-order valence-corrected chi connectivity index (χ4v) is 3.08. The Balaban J connectivity index is 2.08. The van der Waals surface area contributed by atoms with Crippen molar-refractivity contribution in [2.24, 2.45) is 5.41 Å². The summed E-state index contributed by atoms with van der Waals surface area (Å²) in [5, 5.41) is 8.53. The molecule has 0 unspecified atom stereocenters. The third-order valence-electron chi connectivity index (χ3n) is 4.08. The van der Waals surface area contributed by atoms with E-state index < -0.39 is 5.91 Å². The summed E-state index contributed by atoms with van der Waals surface area (Å²) < 4.78 is 2.18. The molecule has 0 saturated carbocycles. The first-order chi connectivity index (χ1) is 12.3. The molecule has 0 bridgehead atoms. The van der Waals surface area contributed by atoms with E-state index in [1.807, 2.05) is 24.5 Å². The predicted octanol–water partition coefficient (Wildman–Crippen LogP) is 3.31. The number of fused-ring (bicyclic) bond motifs is 1. The highest BCUT2D eigenvalue weighted by molar-refractivity contribution is 5.91. The number of nitrogens with one attached hydrogen (secondary N) is 1. The highest BCUT2D eigenvalue weighted by Gasteiger charge is 2.16. The summed E-state index contributed by atoms with van der Waals surface area (Å²) in [6, 6.07) is 5.90. The molecule has 0 aliphatic heterocycles. The number of benzene rings is 1. The van der Waals surface area contributed by atoms with Gasteiger partial charge in [-0.25, -0.2) is 10.5 Å². The van der Waals surface area contributed by atoms with E-state index in [4.69, 9.17) is 5.21 Å². The van der Waals surface area contributed by atoms with Crippen LogP contribution in [0.5, 0.6) is 0 Å². The molecule has 0 saturated heterocycles. The number of hydrogen-bond acceptors (Lipinski definition) is 4. The van der Waals surface area contributed by atoms with Crippen LogP contribution in [-0.2, 0) is 11.3 Å². The summed E-state index contributed by atoms with van der Waals surface area (Å²) in [5.74, 6) is -0.550. The molecule has 1 amide bonds. The number of nitrogens with zero attached hydrogens (tertiary/aromatic N) is 3. The lowest BCUT2D eigenvalue weighted by Gasteiger charge is -2.29. The Morgan fingerprint density at radius 2 is 2.12 bits per heavy atom. The average molecular weight is 358 g/mol. The van der Waals surface area contributed by atoms with Gasteiger partial charge in [-0.05, 0) is 42.2 Å². The molecule has 0 spiro atoms. The van der Waals surface area contributed by atoms with Gasteiger partial charge in [0, 0.05) is 25.7 Å². The van der Waals surface area contributed by atoms with Crippen molar-refractivity contribution >= 4 is 23.0 Å². The Morgan fingerprint density at radius 3 is 2.77 bits per heavy atom. The number of amides is 1. The summed E-state index contributed by atoms with van der Waals surface area (Å²) in [5.41, 5.74) is 4.72. The Kier molecular flexibility index (Phi) is 6.94. The predicted molar refractivity (Wildman–Crippen MR) is 105 cm³/mol. The number of hydrogen-bond donors (Lipinski definition) is 2. The fourth-order valence-electron chi connectivity index (χ4n) is 3.08. The molecule has 0 radical (unpaired) electrons. The molecule has 0 fully saturated rings. The van der Waals surface area contributed by atoms with Crippen LogP contribution < -0.4 is 5.48 Å². The lowest BCUT2D eigenvalue weighted by atomic mass is 9.96. The van der Waals surface area contributed by atoms with E-state index in [-0.39, 0.29) is 5.41 Å².